The zero-order chi connectivity index (χ0) is 15.8. The summed E-state index contributed by atoms with van der Waals surface area (Å²) in [6, 6.07) is 8.59. The van der Waals surface area contributed by atoms with Crippen LogP contribution >= 0.6 is 0 Å². The molecule has 0 aliphatic rings. The van der Waals surface area contributed by atoms with Crippen molar-refractivity contribution >= 4 is 5.91 Å². The third kappa shape index (κ3) is 5.01. The first kappa shape index (κ1) is 15.7. The summed E-state index contributed by atoms with van der Waals surface area (Å²) in [4.78, 5) is 23.0. The molecule has 1 heterocycles. The molecule has 116 valence electrons. The van der Waals surface area contributed by atoms with Gasteiger partial charge in [-0.05, 0) is 24.6 Å². The Bertz CT molecular complexity index is 687. The first-order chi connectivity index (χ1) is 10.6. The van der Waals surface area contributed by atoms with E-state index in [9.17, 15) is 14.0 Å². The van der Waals surface area contributed by atoms with Crippen LogP contribution in [0.4, 0.5) is 4.39 Å². The SMILES string of the molecule is O=C(COc1cccc(F)c1)NCCCn1ncccc1=O. The van der Waals surface area contributed by atoms with Gasteiger partial charge >= 0.3 is 0 Å². The maximum Gasteiger partial charge on any atom is 0.266 e. The van der Waals surface area contributed by atoms with Crippen LogP contribution in [0.3, 0.4) is 0 Å². The van der Waals surface area contributed by atoms with Crippen molar-refractivity contribution in [2.45, 2.75) is 13.0 Å². The van der Waals surface area contributed by atoms with E-state index in [2.05, 4.69) is 10.4 Å². The molecular weight excluding hydrogens is 289 g/mol. The van der Waals surface area contributed by atoms with Crippen molar-refractivity contribution in [2.24, 2.45) is 0 Å². The molecule has 1 amide bonds. The lowest BCUT2D eigenvalue weighted by Crippen LogP contribution is -2.31. The van der Waals surface area contributed by atoms with Gasteiger partial charge in [0.1, 0.15) is 11.6 Å². The van der Waals surface area contributed by atoms with Crippen LogP contribution in [0.5, 0.6) is 5.75 Å². The van der Waals surface area contributed by atoms with Crippen LogP contribution in [0, 0.1) is 5.82 Å². The standard InChI is InChI=1S/C15H16FN3O3/c16-12-4-1-5-13(10-12)22-11-14(20)17-7-3-9-19-15(21)6-2-8-18-19/h1-2,4-6,8,10H,3,7,9,11H2,(H,17,20). The van der Waals surface area contributed by atoms with Gasteiger partial charge in [-0.15, -0.1) is 0 Å². The highest BCUT2D eigenvalue weighted by atomic mass is 19.1. The molecule has 0 radical (unpaired) electrons. The highest BCUT2D eigenvalue weighted by molar-refractivity contribution is 5.77. The third-order valence-electron chi connectivity index (χ3n) is 2.82. The fraction of sp³-hybridized carbons (Fsp3) is 0.267. The quantitative estimate of drug-likeness (QED) is 0.774. The van der Waals surface area contributed by atoms with Gasteiger partial charge in [0.05, 0.1) is 0 Å². The van der Waals surface area contributed by atoms with E-state index in [1.54, 1.807) is 12.1 Å². The third-order valence-corrected chi connectivity index (χ3v) is 2.82. The van der Waals surface area contributed by atoms with E-state index in [1.165, 1.54) is 35.1 Å². The maximum atomic E-state index is 12.9. The fourth-order valence-electron chi connectivity index (χ4n) is 1.77. The number of halogens is 1. The van der Waals surface area contributed by atoms with Gasteiger partial charge < -0.3 is 10.1 Å². The molecule has 7 heteroatoms. The summed E-state index contributed by atoms with van der Waals surface area (Å²) in [5.41, 5.74) is -0.178. The normalized spacial score (nSPS) is 10.2. The molecule has 22 heavy (non-hydrogen) atoms. The van der Waals surface area contributed by atoms with Crippen molar-refractivity contribution < 1.29 is 13.9 Å². The fourth-order valence-corrected chi connectivity index (χ4v) is 1.77. The zero-order valence-corrected chi connectivity index (χ0v) is 11.9. The monoisotopic (exact) mass is 305 g/mol. The van der Waals surface area contributed by atoms with E-state index in [4.69, 9.17) is 4.74 Å². The first-order valence-electron chi connectivity index (χ1n) is 6.82. The van der Waals surface area contributed by atoms with Gasteiger partial charge in [-0.2, -0.15) is 5.10 Å². The van der Waals surface area contributed by atoms with Gasteiger partial charge in [0.15, 0.2) is 6.61 Å². The Labute approximate surface area is 126 Å². The van der Waals surface area contributed by atoms with Gasteiger partial charge in [-0.25, -0.2) is 9.07 Å². The minimum absolute atomic E-state index is 0.178. The number of ether oxygens (including phenoxy) is 1. The Morgan fingerprint density at radius 3 is 2.95 bits per heavy atom. The number of carbonyl (C=O) groups excluding carboxylic acids is 1. The van der Waals surface area contributed by atoms with Gasteiger partial charge in [-0.3, -0.25) is 9.59 Å². The van der Waals surface area contributed by atoms with Crippen molar-refractivity contribution in [3.05, 3.63) is 58.8 Å². The van der Waals surface area contributed by atoms with E-state index in [0.717, 1.165) is 0 Å². The van der Waals surface area contributed by atoms with Crippen LogP contribution in [-0.2, 0) is 11.3 Å². The van der Waals surface area contributed by atoms with Crippen LogP contribution < -0.4 is 15.6 Å². The Morgan fingerprint density at radius 2 is 2.18 bits per heavy atom. The Kier molecular flexibility index (Phi) is 5.65. The first-order valence-corrected chi connectivity index (χ1v) is 6.82. The number of hydrogen-bond donors (Lipinski definition) is 1. The van der Waals surface area contributed by atoms with Crippen LogP contribution in [0.1, 0.15) is 6.42 Å². The zero-order valence-electron chi connectivity index (χ0n) is 11.9. The molecule has 1 N–H and O–H groups in total. The molecule has 1 aromatic heterocycles. The second-order valence-corrected chi connectivity index (χ2v) is 4.53. The number of carbonyl (C=O) groups is 1. The van der Waals surface area contributed by atoms with Crippen molar-refractivity contribution in [1.82, 2.24) is 15.1 Å². The minimum Gasteiger partial charge on any atom is -0.484 e. The highest BCUT2D eigenvalue weighted by Gasteiger charge is 2.03. The Balaban J connectivity index is 1.66. The highest BCUT2D eigenvalue weighted by Crippen LogP contribution is 2.11. The predicted octanol–water partition coefficient (Wildman–Crippen LogP) is 0.968. The summed E-state index contributed by atoms with van der Waals surface area (Å²) in [5.74, 6) is -0.425. The van der Waals surface area contributed by atoms with Crippen LogP contribution in [0.15, 0.2) is 47.4 Å². The second-order valence-electron chi connectivity index (χ2n) is 4.53. The van der Waals surface area contributed by atoms with Gasteiger partial charge in [0.2, 0.25) is 0 Å². The minimum atomic E-state index is -0.418. The number of nitrogens with zero attached hydrogens (tertiary/aromatic N) is 2. The average Bonchev–Trinajstić information content (AvgIpc) is 2.51. The summed E-state index contributed by atoms with van der Waals surface area (Å²) in [6.07, 6.45) is 2.11. The largest absolute Gasteiger partial charge is 0.484 e. The maximum absolute atomic E-state index is 12.9. The van der Waals surface area contributed by atoms with E-state index in [0.29, 0.717) is 25.3 Å². The summed E-state index contributed by atoms with van der Waals surface area (Å²) in [7, 11) is 0. The van der Waals surface area contributed by atoms with Crippen molar-refractivity contribution in [1.29, 1.82) is 0 Å². The lowest BCUT2D eigenvalue weighted by Gasteiger charge is -2.08. The van der Waals surface area contributed by atoms with Crippen molar-refractivity contribution in [3.8, 4) is 5.75 Å². The van der Waals surface area contributed by atoms with Gasteiger partial charge in [-0.1, -0.05) is 6.07 Å². The van der Waals surface area contributed by atoms with E-state index in [-0.39, 0.29) is 18.1 Å². The number of aromatic nitrogens is 2. The van der Waals surface area contributed by atoms with E-state index < -0.39 is 5.82 Å². The Morgan fingerprint density at radius 1 is 1.32 bits per heavy atom. The van der Waals surface area contributed by atoms with E-state index in [1.807, 2.05) is 0 Å². The number of nitrogens with one attached hydrogen (secondary N) is 1. The molecule has 6 nitrogen and oxygen atoms in total. The van der Waals surface area contributed by atoms with Gasteiger partial charge in [0, 0.05) is 31.4 Å². The molecule has 0 saturated carbocycles. The second kappa shape index (κ2) is 7.92. The van der Waals surface area contributed by atoms with Crippen LogP contribution in [0.2, 0.25) is 0 Å². The lowest BCUT2D eigenvalue weighted by atomic mass is 10.3. The molecule has 1 aromatic carbocycles. The average molecular weight is 305 g/mol. The molecule has 0 saturated heterocycles. The summed E-state index contributed by atoms with van der Waals surface area (Å²) in [5, 5.41) is 6.57. The molecule has 0 bridgehead atoms. The summed E-state index contributed by atoms with van der Waals surface area (Å²) < 4.78 is 19.4. The van der Waals surface area contributed by atoms with Crippen molar-refractivity contribution in [2.75, 3.05) is 13.2 Å². The van der Waals surface area contributed by atoms with Crippen molar-refractivity contribution in [3.63, 3.8) is 0 Å². The number of rotatable bonds is 7. The van der Waals surface area contributed by atoms with E-state index >= 15 is 0 Å². The molecule has 0 fully saturated rings. The molecular formula is C15H16FN3O3. The summed E-state index contributed by atoms with van der Waals surface area (Å²) in [6.45, 7) is 0.631. The molecule has 2 aromatic rings. The number of amides is 1. The molecule has 0 aliphatic heterocycles. The summed E-state index contributed by atoms with van der Waals surface area (Å²) >= 11 is 0. The Hall–Kier alpha value is -2.70. The molecule has 0 unspecified atom stereocenters. The number of benzene rings is 1. The van der Waals surface area contributed by atoms with Crippen LogP contribution in [-0.4, -0.2) is 28.8 Å². The van der Waals surface area contributed by atoms with Crippen LogP contribution in [0.25, 0.3) is 0 Å². The predicted molar refractivity (Wildman–Crippen MR) is 78.0 cm³/mol. The number of hydrogen-bond acceptors (Lipinski definition) is 4. The number of aryl methyl sites for hydroxylation is 1. The lowest BCUT2D eigenvalue weighted by molar-refractivity contribution is -0.123. The molecule has 0 atom stereocenters. The molecule has 0 spiro atoms. The molecule has 0 aliphatic carbocycles. The smallest absolute Gasteiger partial charge is 0.266 e. The van der Waals surface area contributed by atoms with Gasteiger partial charge in [0.25, 0.3) is 11.5 Å². The topological polar surface area (TPSA) is 73.2 Å². The molecule has 2 rings (SSSR count).